The van der Waals surface area contributed by atoms with E-state index in [4.69, 9.17) is 9.47 Å². The van der Waals surface area contributed by atoms with Gasteiger partial charge in [0.15, 0.2) is 5.41 Å². The molecule has 0 atom stereocenters. The smallest absolute Gasteiger partial charge is 0.323 e. The molecule has 0 radical (unpaired) electrons. The van der Waals surface area contributed by atoms with E-state index in [9.17, 15) is 9.59 Å². The van der Waals surface area contributed by atoms with Crippen molar-refractivity contribution in [3.05, 3.63) is 0 Å². The first-order valence-electron chi connectivity index (χ1n) is 5.43. The summed E-state index contributed by atoms with van der Waals surface area (Å²) in [5, 5.41) is 0. The maximum atomic E-state index is 11.7. The van der Waals surface area contributed by atoms with Gasteiger partial charge in [-0.15, -0.1) is 0 Å². The fourth-order valence-electron chi connectivity index (χ4n) is 1.45. The Balaban J connectivity index is 0. The second-order valence-electron chi connectivity index (χ2n) is 3.23. The van der Waals surface area contributed by atoms with E-state index in [0.29, 0.717) is 12.8 Å². The summed E-state index contributed by atoms with van der Waals surface area (Å²) in [4.78, 5) is 23.4. The van der Waals surface area contributed by atoms with Gasteiger partial charge in [-0.25, -0.2) is 0 Å². The van der Waals surface area contributed by atoms with E-state index in [0.717, 1.165) is 0 Å². The zero-order chi connectivity index (χ0) is 11.9. The molecule has 0 aromatic heterocycles. The largest absolute Gasteiger partial charge is 0.465 e. The van der Waals surface area contributed by atoms with Gasteiger partial charge in [0.2, 0.25) is 0 Å². The second kappa shape index (κ2) is 8.77. The molecule has 0 bridgehead atoms. The predicted octanol–water partition coefficient (Wildman–Crippen LogP) is 1.92. The van der Waals surface area contributed by atoms with Crippen molar-refractivity contribution in [2.45, 2.75) is 40.5 Å². The summed E-state index contributed by atoms with van der Waals surface area (Å²) in [5.41, 5.74) is -1.12. The SMILES string of the molecule is CCOC(=O)C(CC)(CC)C(=O)OCC.[Ti]. The third-order valence-corrected chi connectivity index (χ3v) is 2.54. The minimum atomic E-state index is -1.12. The average molecular weight is 264 g/mol. The maximum absolute atomic E-state index is 11.7. The first kappa shape index (κ1) is 18.0. The molecular weight excluding hydrogens is 244 g/mol. The van der Waals surface area contributed by atoms with Crippen LogP contribution in [-0.2, 0) is 40.8 Å². The second-order valence-corrected chi connectivity index (χ2v) is 3.23. The standard InChI is InChI=1S/C11H20O4.Ti/c1-5-11(6-2,9(12)14-7-3)10(13)15-8-4;/h5-8H2,1-4H3;. The molecule has 0 rings (SSSR count). The molecule has 92 valence electrons. The van der Waals surface area contributed by atoms with E-state index in [-0.39, 0.29) is 34.9 Å². The number of esters is 2. The van der Waals surface area contributed by atoms with Crippen molar-refractivity contribution in [2.24, 2.45) is 5.41 Å². The molecule has 0 aliphatic heterocycles. The van der Waals surface area contributed by atoms with Gasteiger partial charge in [0.05, 0.1) is 13.2 Å². The minimum Gasteiger partial charge on any atom is -0.465 e. The van der Waals surface area contributed by atoms with Crippen LogP contribution >= 0.6 is 0 Å². The van der Waals surface area contributed by atoms with Crippen molar-refractivity contribution in [3.8, 4) is 0 Å². The van der Waals surface area contributed by atoms with Crippen LogP contribution in [0.5, 0.6) is 0 Å². The van der Waals surface area contributed by atoms with E-state index in [1.54, 1.807) is 27.7 Å². The molecule has 0 amide bonds. The van der Waals surface area contributed by atoms with Gasteiger partial charge in [-0.2, -0.15) is 0 Å². The van der Waals surface area contributed by atoms with Crippen LogP contribution in [0.15, 0.2) is 0 Å². The van der Waals surface area contributed by atoms with Crippen LogP contribution in [-0.4, -0.2) is 25.2 Å². The Kier molecular flexibility index (Phi) is 9.88. The van der Waals surface area contributed by atoms with E-state index >= 15 is 0 Å². The molecule has 16 heavy (non-hydrogen) atoms. The molecule has 0 N–H and O–H groups in total. The molecule has 0 fully saturated rings. The van der Waals surface area contributed by atoms with Crippen molar-refractivity contribution >= 4 is 11.9 Å². The van der Waals surface area contributed by atoms with Crippen molar-refractivity contribution < 1.29 is 40.8 Å². The summed E-state index contributed by atoms with van der Waals surface area (Å²) in [6.45, 7) is 7.58. The summed E-state index contributed by atoms with van der Waals surface area (Å²) >= 11 is 0. The van der Waals surface area contributed by atoms with Gasteiger partial charge in [-0.1, -0.05) is 13.8 Å². The fourth-order valence-corrected chi connectivity index (χ4v) is 1.45. The molecule has 4 nitrogen and oxygen atoms in total. The molecule has 0 saturated carbocycles. The Morgan fingerprint density at radius 3 is 1.38 bits per heavy atom. The third kappa shape index (κ3) is 3.91. The van der Waals surface area contributed by atoms with Crippen LogP contribution in [0.4, 0.5) is 0 Å². The van der Waals surface area contributed by atoms with Gasteiger partial charge in [-0.05, 0) is 26.7 Å². The molecule has 0 heterocycles. The van der Waals surface area contributed by atoms with Crippen molar-refractivity contribution in [1.82, 2.24) is 0 Å². The van der Waals surface area contributed by atoms with Gasteiger partial charge >= 0.3 is 11.9 Å². The van der Waals surface area contributed by atoms with Crippen LogP contribution in [0.1, 0.15) is 40.5 Å². The summed E-state index contributed by atoms with van der Waals surface area (Å²) in [5.74, 6) is -0.957. The number of ether oxygens (including phenoxy) is 2. The normalized spacial score (nSPS) is 10.2. The van der Waals surface area contributed by atoms with Crippen molar-refractivity contribution in [3.63, 3.8) is 0 Å². The van der Waals surface area contributed by atoms with Gasteiger partial charge in [0.25, 0.3) is 0 Å². The van der Waals surface area contributed by atoms with Crippen LogP contribution in [0.25, 0.3) is 0 Å². The average Bonchev–Trinajstić information content (AvgIpc) is 2.21. The Labute approximate surface area is 112 Å². The summed E-state index contributed by atoms with van der Waals surface area (Å²) in [6, 6.07) is 0. The Bertz CT molecular complexity index is 204. The number of hydrogen-bond donors (Lipinski definition) is 0. The van der Waals surface area contributed by atoms with Crippen LogP contribution in [0, 0.1) is 5.41 Å². The Morgan fingerprint density at radius 1 is 0.875 bits per heavy atom. The minimum absolute atomic E-state index is 0. The van der Waals surface area contributed by atoms with Gasteiger partial charge < -0.3 is 9.47 Å². The van der Waals surface area contributed by atoms with Gasteiger partial charge in [-0.3, -0.25) is 9.59 Å². The predicted molar refractivity (Wildman–Crippen MR) is 56.3 cm³/mol. The third-order valence-electron chi connectivity index (χ3n) is 2.54. The van der Waals surface area contributed by atoms with Gasteiger partial charge in [0.1, 0.15) is 0 Å². The number of rotatable bonds is 6. The Morgan fingerprint density at radius 2 is 1.19 bits per heavy atom. The molecule has 0 aliphatic carbocycles. The molecule has 0 saturated heterocycles. The number of carbonyl (C=O) groups excluding carboxylic acids is 2. The van der Waals surface area contributed by atoms with Crippen LogP contribution < -0.4 is 0 Å². The van der Waals surface area contributed by atoms with E-state index < -0.39 is 17.4 Å². The van der Waals surface area contributed by atoms with E-state index in [2.05, 4.69) is 0 Å². The first-order valence-corrected chi connectivity index (χ1v) is 5.43. The molecule has 0 aliphatic rings. The summed E-state index contributed by atoms with van der Waals surface area (Å²) in [7, 11) is 0. The fraction of sp³-hybridized carbons (Fsp3) is 0.818. The van der Waals surface area contributed by atoms with Crippen molar-refractivity contribution in [2.75, 3.05) is 13.2 Å². The Hall–Kier alpha value is -0.346. The zero-order valence-corrected chi connectivity index (χ0v) is 12.0. The van der Waals surface area contributed by atoms with Crippen molar-refractivity contribution in [1.29, 1.82) is 0 Å². The molecule has 0 aromatic rings. The van der Waals surface area contributed by atoms with E-state index in [1.807, 2.05) is 0 Å². The summed E-state index contributed by atoms with van der Waals surface area (Å²) in [6.07, 6.45) is 0.808. The molecule has 0 spiro atoms. The molecule has 0 unspecified atom stereocenters. The maximum Gasteiger partial charge on any atom is 0.323 e. The molecule has 0 aromatic carbocycles. The molecule has 5 heteroatoms. The monoisotopic (exact) mass is 264 g/mol. The topological polar surface area (TPSA) is 52.6 Å². The first-order chi connectivity index (χ1) is 7.08. The quantitative estimate of drug-likeness (QED) is 0.418. The zero-order valence-electron chi connectivity index (χ0n) is 10.5. The van der Waals surface area contributed by atoms with Crippen LogP contribution in [0.3, 0.4) is 0 Å². The molecular formula is C11H20O4Ti. The van der Waals surface area contributed by atoms with Crippen LogP contribution in [0.2, 0.25) is 0 Å². The number of hydrogen-bond acceptors (Lipinski definition) is 4. The van der Waals surface area contributed by atoms with E-state index in [1.165, 1.54) is 0 Å². The van der Waals surface area contributed by atoms with Gasteiger partial charge in [0, 0.05) is 21.7 Å². The number of carbonyl (C=O) groups is 2. The summed E-state index contributed by atoms with van der Waals surface area (Å²) < 4.78 is 9.83.